The van der Waals surface area contributed by atoms with Gasteiger partial charge in [0, 0.05) is 24.1 Å². The van der Waals surface area contributed by atoms with Gasteiger partial charge in [0.15, 0.2) is 0 Å². The highest BCUT2D eigenvalue weighted by Crippen LogP contribution is 2.57. The third kappa shape index (κ3) is 3.68. The number of hydrogen-bond acceptors (Lipinski definition) is 2. The molecule has 0 bridgehead atoms. The lowest BCUT2D eigenvalue weighted by Gasteiger charge is -2.51. The smallest absolute Gasteiger partial charge is 0.307 e. The van der Waals surface area contributed by atoms with E-state index in [1.54, 1.807) is 0 Å². The van der Waals surface area contributed by atoms with Crippen LogP contribution in [-0.2, 0) is 4.79 Å². The molecule has 1 fully saturated rings. The Morgan fingerprint density at radius 2 is 1.26 bits per heavy atom. The van der Waals surface area contributed by atoms with Gasteiger partial charge >= 0.3 is 5.97 Å². The van der Waals surface area contributed by atoms with Crippen LogP contribution in [0.3, 0.4) is 0 Å². The largest absolute Gasteiger partial charge is 0.481 e. The molecule has 0 heterocycles. The maximum absolute atomic E-state index is 12.3. The van der Waals surface area contributed by atoms with E-state index in [2.05, 4.69) is 59.9 Å². The van der Waals surface area contributed by atoms with Gasteiger partial charge in [0.25, 0.3) is 0 Å². The summed E-state index contributed by atoms with van der Waals surface area (Å²) in [5, 5.41) is 16.1. The fourth-order valence-electron chi connectivity index (χ4n) is 5.19. The van der Waals surface area contributed by atoms with E-state index in [1.807, 2.05) is 48.5 Å². The van der Waals surface area contributed by atoms with Crippen molar-refractivity contribution in [3.63, 3.8) is 0 Å². The van der Waals surface area contributed by atoms with E-state index >= 15 is 0 Å². The van der Waals surface area contributed by atoms with Gasteiger partial charge in [0.1, 0.15) is 0 Å². The minimum Gasteiger partial charge on any atom is -0.481 e. The number of hydrogen-bond donors (Lipinski definition) is 2. The molecule has 0 amide bonds. The predicted octanol–water partition coefficient (Wildman–Crippen LogP) is 6.15. The molecule has 0 spiro atoms. The number of carboxylic acid groups (broad SMARTS) is 1. The van der Waals surface area contributed by atoms with Crippen LogP contribution < -0.4 is 5.32 Å². The molecule has 0 aliphatic heterocycles. The minimum atomic E-state index is -0.718. The SMILES string of the molecule is O=C(O)[C@H]1[C@H](c2ccccc2)[C@@H](CNc2ccc3ccccc3c2)[C@H]1c1ccccc1. The van der Waals surface area contributed by atoms with Crippen molar-refractivity contribution in [3.8, 4) is 0 Å². The highest BCUT2D eigenvalue weighted by Gasteiger charge is 2.54. The molecule has 5 rings (SSSR count). The lowest BCUT2D eigenvalue weighted by Crippen LogP contribution is -2.50. The first-order valence-corrected chi connectivity index (χ1v) is 10.8. The molecule has 1 saturated carbocycles. The summed E-state index contributed by atoms with van der Waals surface area (Å²) in [6, 6.07) is 34.9. The average Bonchev–Trinajstić information content (AvgIpc) is 2.79. The first-order chi connectivity index (χ1) is 15.2. The van der Waals surface area contributed by atoms with Crippen LogP contribution in [0.1, 0.15) is 23.0 Å². The van der Waals surface area contributed by atoms with Crippen molar-refractivity contribution < 1.29 is 9.90 Å². The molecule has 31 heavy (non-hydrogen) atoms. The van der Waals surface area contributed by atoms with Gasteiger partial charge in [0.05, 0.1) is 5.92 Å². The molecule has 154 valence electrons. The van der Waals surface area contributed by atoms with Crippen molar-refractivity contribution in [1.29, 1.82) is 0 Å². The summed E-state index contributed by atoms with van der Waals surface area (Å²) in [5.41, 5.74) is 3.27. The van der Waals surface area contributed by atoms with Crippen LogP contribution in [0, 0.1) is 11.8 Å². The van der Waals surface area contributed by atoms with Gasteiger partial charge in [-0.2, -0.15) is 0 Å². The Labute approximate surface area is 182 Å². The number of nitrogens with one attached hydrogen (secondary N) is 1. The Morgan fingerprint density at radius 1 is 0.710 bits per heavy atom. The van der Waals surface area contributed by atoms with Crippen LogP contribution in [-0.4, -0.2) is 17.6 Å². The topological polar surface area (TPSA) is 49.3 Å². The second-order valence-electron chi connectivity index (χ2n) is 8.34. The van der Waals surface area contributed by atoms with Crippen LogP contribution in [0.4, 0.5) is 5.69 Å². The molecule has 3 heteroatoms. The first kappa shape index (κ1) is 19.4. The van der Waals surface area contributed by atoms with Crippen molar-refractivity contribution in [1.82, 2.24) is 0 Å². The third-order valence-electron chi connectivity index (χ3n) is 6.64. The van der Waals surface area contributed by atoms with Crippen LogP contribution in [0.15, 0.2) is 103 Å². The van der Waals surface area contributed by atoms with Crippen molar-refractivity contribution in [2.75, 3.05) is 11.9 Å². The number of carboxylic acids is 1. The molecule has 2 N–H and O–H groups in total. The number of fused-ring (bicyclic) bond motifs is 1. The predicted molar refractivity (Wildman–Crippen MR) is 125 cm³/mol. The third-order valence-corrected chi connectivity index (χ3v) is 6.64. The monoisotopic (exact) mass is 407 g/mol. The molecule has 0 unspecified atom stereocenters. The van der Waals surface area contributed by atoms with Crippen molar-refractivity contribution in [2.24, 2.45) is 11.8 Å². The summed E-state index contributed by atoms with van der Waals surface area (Å²) in [7, 11) is 0. The van der Waals surface area contributed by atoms with Gasteiger partial charge in [-0.15, -0.1) is 0 Å². The number of rotatable bonds is 6. The highest BCUT2D eigenvalue weighted by molar-refractivity contribution is 5.85. The lowest BCUT2D eigenvalue weighted by molar-refractivity contribution is -0.149. The summed E-state index contributed by atoms with van der Waals surface area (Å²) in [5.74, 6) is -0.982. The maximum atomic E-state index is 12.3. The number of benzene rings is 4. The minimum absolute atomic E-state index is 0.0168. The zero-order valence-corrected chi connectivity index (χ0v) is 17.2. The standard InChI is InChI=1S/C28H25NO2/c30-28(31)27-25(20-10-3-1-4-11-20)24(26(27)21-12-5-2-6-13-21)18-29-23-16-15-19-9-7-8-14-22(19)17-23/h1-17,24-27,29H,18H2,(H,30,31)/t24-,25-,26-,27+/m1/s1. The molecule has 0 aromatic heterocycles. The number of anilines is 1. The van der Waals surface area contributed by atoms with Crippen LogP contribution in [0.5, 0.6) is 0 Å². The Bertz CT molecular complexity index is 1140. The van der Waals surface area contributed by atoms with Gasteiger partial charge < -0.3 is 10.4 Å². The molecule has 4 aromatic carbocycles. The highest BCUT2D eigenvalue weighted by atomic mass is 16.4. The summed E-state index contributed by atoms with van der Waals surface area (Å²) in [4.78, 5) is 12.3. The van der Waals surface area contributed by atoms with Gasteiger partial charge in [0.2, 0.25) is 0 Å². The van der Waals surface area contributed by atoms with E-state index in [1.165, 1.54) is 10.8 Å². The molecular weight excluding hydrogens is 382 g/mol. The molecule has 0 radical (unpaired) electrons. The van der Waals surface area contributed by atoms with Gasteiger partial charge in [-0.25, -0.2) is 0 Å². The van der Waals surface area contributed by atoms with Gasteiger partial charge in [-0.1, -0.05) is 91.0 Å². The molecular formula is C28H25NO2. The summed E-state index contributed by atoms with van der Waals surface area (Å²) in [6.45, 7) is 0.723. The second kappa shape index (κ2) is 8.27. The fourth-order valence-corrected chi connectivity index (χ4v) is 5.19. The van der Waals surface area contributed by atoms with E-state index in [9.17, 15) is 9.90 Å². The van der Waals surface area contributed by atoms with Crippen molar-refractivity contribution in [2.45, 2.75) is 11.8 Å². The number of carbonyl (C=O) groups is 1. The van der Waals surface area contributed by atoms with Crippen LogP contribution in [0.2, 0.25) is 0 Å². The second-order valence-corrected chi connectivity index (χ2v) is 8.34. The van der Waals surface area contributed by atoms with Gasteiger partial charge in [-0.05, 0) is 39.9 Å². The summed E-state index contributed by atoms with van der Waals surface area (Å²) < 4.78 is 0. The summed E-state index contributed by atoms with van der Waals surface area (Å²) >= 11 is 0. The molecule has 3 nitrogen and oxygen atoms in total. The zero-order chi connectivity index (χ0) is 21.2. The van der Waals surface area contributed by atoms with Crippen LogP contribution in [0.25, 0.3) is 10.8 Å². The van der Waals surface area contributed by atoms with Crippen molar-refractivity contribution >= 4 is 22.4 Å². The normalized spacial score (nSPS) is 22.6. The molecule has 2 atom stereocenters. The van der Waals surface area contributed by atoms with Crippen LogP contribution >= 0.6 is 0 Å². The Morgan fingerprint density at radius 3 is 1.84 bits per heavy atom. The maximum Gasteiger partial charge on any atom is 0.307 e. The first-order valence-electron chi connectivity index (χ1n) is 10.8. The summed E-state index contributed by atoms with van der Waals surface area (Å²) in [6.07, 6.45) is 0. The van der Waals surface area contributed by atoms with E-state index in [0.29, 0.717) is 0 Å². The average molecular weight is 408 g/mol. The lowest BCUT2D eigenvalue weighted by atomic mass is 9.52. The Kier molecular flexibility index (Phi) is 5.17. The van der Waals surface area contributed by atoms with E-state index in [0.717, 1.165) is 23.4 Å². The number of aliphatic carboxylic acids is 1. The van der Waals surface area contributed by atoms with E-state index in [4.69, 9.17) is 0 Å². The van der Waals surface area contributed by atoms with Crippen molar-refractivity contribution in [3.05, 3.63) is 114 Å². The Hall–Kier alpha value is -3.59. The van der Waals surface area contributed by atoms with E-state index in [-0.39, 0.29) is 17.8 Å². The van der Waals surface area contributed by atoms with Gasteiger partial charge in [-0.3, -0.25) is 4.79 Å². The Balaban J connectivity index is 1.46. The fraction of sp³-hybridized carbons (Fsp3) is 0.179. The molecule has 1 aliphatic rings. The molecule has 0 saturated heterocycles. The quantitative estimate of drug-likeness (QED) is 0.403. The molecule has 1 aliphatic carbocycles. The van der Waals surface area contributed by atoms with E-state index < -0.39 is 11.9 Å². The zero-order valence-electron chi connectivity index (χ0n) is 17.2. The molecule has 4 aromatic rings.